The zero-order valence-corrected chi connectivity index (χ0v) is 18.0. The van der Waals surface area contributed by atoms with Gasteiger partial charge in [0, 0.05) is 25.7 Å². The number of methoxy groups -OCH3 is 1. The lowest BCUT2D eigenvalue weighted by atomic mass is 10.2. The summed E-state index contributed by atoms with van der Waals surface area (Å²) in [4.78, 5) is 14.2. The van der Waals surface area contributed by atoms with E-state index in [4.69, 9.17) is 4.74 Å². The second-order valence-electron chi connectivity index (χ2n) is 5.42. The number of benzene rings is 1. The van der Waals surface area contributed by atoms with Gasteiger partial charge in [-0.05, 0) is 18.2 Å². The highest BCUT2D eigenvalue weighted by atomic mass is 127. The van der Waals surface area contributed by atoms with Gasteiger partial charge in [-0.15, -0.1) is 24.0 Å². The minimum Gasteiger partial charge on any atom is -0.497 e. The van der Waals surface area contributed by atoms with Crippen molar-refractivity contribution >= 4 is 35.6 Å². The molecule has 1 aromatic carbocycles. The van der Waals surface area contributed by atoms with Crippen LogP contribution >= 0.6 is 24.0 Å². The number of alkyl halides is 2. The number of rotatable bonds is 9. The van der Waals surface area contributed by atoms with Gasteiger partial charge in [-0.2, -0.15) is 13.9 Å². The molecule has 2 N–H and O–H groups in total. The van der Waals surface area contributed by atoms with Crippen molar-refractivity contribution in [2.75, 3.05) is 20.7 Å². The molecule has 0 radical (unpaired) electrons. The standard InChI is InChI=1S/C16H20F2N6O4.HI/c1-19-16(20-5-6-23-10-12(9-22-23)24(25)26)21-8-11-7-13(27-2)3-4-14(11)28-15(17)18;/h3-4,7,9-10,15H,5-6,8H2,1-2H3,(H2,19,20,21);1H. The Labute approximate surface area is 182 Å². The van der Waals surface area contributed by atoms with E-state index in [1.807, 2.05) is 0 Å². The number of nitrogens with zero attached hydrogens (tertiary/aromatic N) is 4. The van der Waals surface area contributed by atoms with Crippen LogP contribution in [0.2, 0.25) is 0 Å². The van der Waals surface area contributed by atoms with E-state index in [2.05, 4.69) is 25.5 Å². The summed E-state index contributed by atoms with van der Waals surface area (Å²) in [6, 6.07) is 4.52. The average molecular weight is 526 g/mol. The molecule has 2 aromatic rings. The molecule has 0 aliphatic rings. The Hall–Kier alpha value is -2.71. The number of guanidine groups is 1. The van der Waals surface area contributed by atoms with Gasteiger partial charge in [-0.25, -0.2) is 0 Å². The summed E-state index contributed by atoms with van der Waals surface area (Å²) < 4.78 is 36.2. The molecule has 0 bridgehead atoms. The quantitative estimate of drug-likeness (QED) is 0.170. The second-order valence-corrected chi connectivity index (χ2v) is 5.42. The highest BCUT2D eigenvalue weighted by Gasteiger charge is 2.12. The number of halogens is 3. The van der Waals surface area contributed by atoms with Crippen LogP contribution in [0.15, 0.2) is 35.6 Å². The predicted molar refractivity (Wildman–Crippen MR) is 112 cm³/mol. The van der Waals surface area contributed by atoms with Gasteiger partial charge in [-0.1, -0.05) is 0 Å². The van der Waals surface area contributed by atoms with Crippen LogP contribution in [-0.4, -0.2) is 48.0 Å². The molecule has 0 aliphatic carbocycles. The second kappa shape index (κ2) is 12.0. The fourth-order valence-corrected chi connectivity index (χ4v) is 2.29. The third kappa shape index (κ3) is 7.67. The highest BCUT2D eigenvalue weighted by Crippen LogP contribution is 2.25. The molecule has 0 spiro atoms. The Morgan fingerprint density at radius 1 is 1.41 bits per heavy atom. The summed E-state index contributed by atoms with van der Waals surface area (Å²) >= 11 is 0. The van der Waals surface area contributed by atoms with Crippen molar-refractivity contribution in [2.24, 2.45) is 4.99 Å². The van der Waals surface area contributed by atoms with E-state index < -0.39 is 11.5 Å². The lowest BCUT2D eigenvalue weighted by Crippen LogP contribution is -2.38. The minimum atomic E-state index is -2.94. The maximum atomic E-state index is 12.6. The van der Waals surface area contributed by atoms with Crippen LogP contribution in [-0.2, 0) is 13.1 Å². The molecular weight excluding hydrogens is 505 g/mol. The van der Waals surface area contributed by atoms with Crippen molar-refractivity contribution in [1.29, 1.82) is 0 Å². The Bertz CT molecular complexity index is 833. The normalized spacial score (nSPS) is 11.0. The van der Waals surface area contributed by atoms with Crippen molar-refractivity contribution in [1.82, 2.24) is 20.4 Å². The van der Waals surface area contributed by atoms with Gasteiger partial charge >= 0.3 is 12.3 Å². The minimum absolute atomic E-state index is 0. The first-order valence-corrected chi connectivity index (χ1v) is 8.16. The summed E-state index contributed by atoms with van der Waals surface area (Å²) in [6.07, 6.45) is 2.49. The molecule has 160 valence electrons. The van der Waals surface area contributed by atoms with E-state index >= 15 is 0 Å². The fraction of sp³-hybridized carbons (Fsp3) is 0.375. The van der Waals surface area contributed by atoms with Crippen LogP contribution < -0.4 is 20.1 Å². The number of ether oxygens (including phenoxy) is 2. The van der Waals surface area contributed by atoms with Gasteiger partial charge in [0.1, 0.15) is 23.9 Å². The van der Waals surface area contributed by atoms with Crippen LogP contribution in [0, 0.1) is 10.1 Å². The summed E-state index contributed by atoms with van der Waals surface area (Å²) in [6.45, 7) is -2.03. The maximum Gasteiger partial charge on any atom is 0.387 e. The first kappa shape index (κ1) is 24.3. The van der Waals surface area contributed by atoms with Crippen molar-refractivity contribution in [3.05, 3.63) is 46.3 Å². The van der Waals surface area contributed by atoms with E-state index in [0.29, 0.717) is 30.4 Å². The van der Waals surface area contributed by atoms with Crippen LogP contribution in [0.1, 0.15) is 5.56 Å². The van der Waals surface area contributed by atoms with E-state index in [1.165, 1.54) is 36.3 Å². The Morgan fingerprint density at radius 3 is 2.76 bits per heavy atom. The largest absolute Gasteiger partial charge is 0.497 e. The Kier molecular flexibility index (Phi) is 10.1. The molecule has 0 fully saturated rings. The number of hydrogen-bond donors (Lipinski definition) is 2. The SMILES string of the molecule is CN=C(NCCn1cc([N+](=O)[O-])cn1)NCc1cc(OC)ccc1OC(F)F.I. The number of hydrogen-bond acceptors (Lipinski definition) is 6. The van der Waals surface area contributed by atoms with Gasteiger partial charge in [0.25, 0.3) is 0 Å². The smallest absolute Gasteiger partial charge is 0.387 e. The molecule has 1 aromatic heterocycles. The fourth-order valence-electron chi connectivity index (χ4n) is 2.29. The number of nitrogens with one attached hydrogen (secondary N) is 2. The molecule has 13 heteroatoms. The molecule has 29 heavy (non-hydrogen) atoms. The van der Waals surface area contributed by atoms with Crippen LogP contribution in [0.3, 0.4) is 0 Å². The zero-order chi connectivity index (χ0) is 20.5. The van der Waals surface area contributed by atoms with Crippen molar-refractivity contribution in [3.8, 4) is 11.5 Å². The molecule has 0 atom stereocenters. The van der Waals surface area contributed by atoms with Crippen LogP contribution in [0.4, 0.5) is 14.5 Å². The van der Waals surface area contributed by atoms with E-state index in [0.717, 1.165) is 0 Å². The van der Waals surface area contributed by atoms with E-state index in [9.17, 15) is 18.9 Å². The molecule has 0 saturated heterocycles. The molecule has 0 amide bonds. The average Bonchev–Trinajstić information content (AvgIpc) is 3.14. The Balaban J connectivity index is 0.00000420. The van der Waals surface area contributed by atoms with Gasteiger partial charge in [0.05, 0.1) is 18.6 Å². The van der Waals surface area contributed by atoms with E-state index in [-0.39, 0.29) is 42.0 Å². The third-order valence-corrected chi connectivity index (χ3v) is 3.62. The van der Waals surface area contributed by atoms with Crippen LogP contribution in [0.5, 0.6) is 11.5 Å². The van der Waals surface area contributed by atoms with Gasteiger partial charge in [-0.3, -0.25) is 19.8 Å². The first-order chi connectivity index (χ1) is 13.4. The molecule has 0 aliphatic heterocycles. The molecule has 2 rings (SSSR count). The maximum absolute atomic E-state index is 12.6. The monoisotopic (exact) mass is 526 g/mol. The molecule has 0 saturated carbocycles. The van der Waals surface area contributed by atoms with Crippen molar-refractivity contribution < 1.29 is 23.2 Å². The summed E-state index contributed by atoms with van der Waals surface area (Å²) in [5.41, 5.74) is 0.373. The Morgan fingerprint density at radius 2 is 2.17 bits per heavy atom. The molecular formula is C16H21F2IN6O4. The molecule has 0 unspecified atom stereocenters. The third-order valence-electron chi connectivity index (χ3n) is 3.62. The summed E-state index contributed by atoms with van der Waals surface area (Å²) in [5.74, 6) is 0.941. The van der Waals surface area contributed by atoms with Crippen molar-refractivity contribution in [3.63, 3.8) is 0 Å². The highest BCUT2D eigenvalue weighted by molar-refractivity contribution is 14.0. The molecule has 10 nitrogen and oxygen atoms in total. The molecule has 1 heterocycles. The van der Waals surface area contributed by atoms with Crippen molar-refractivity contribution in [2.45, 2.75) is 19.7 Å². The number of aromatic nitrogens is 2. The summed E-state index contributed by atoms with van der Waals surface area (Å²) in [7, 11) is 3.02. The van der Waals surface area contributed by atoms with Crippen LogP contribution in [0.25, 0.3) is 0 Å². The number of aliphatic imine (C=N–C) groups is 1. The lowest BCUT2D eigenvalue weighted by molar-refractivity contribution is -0.385. The van der Waals surface area contributed by atoms with Gasteiger partial charge < -0.3 is 20.1 Å². The van der Waals surface area contributed by atoms with E-state index in [1.54, 1.807) is 13.1 Å². The number of nitro groups is 1. The zero-order valence-electron chi connectivity index (χ0n) is 15.7. The van der Waals surface area contributed by atoms with Gasteiger partial charge in [0.2, 0.25) is 0 Å². The topological polar surface area (TPSA) is 116 Å². The predicted octanol–water partition coefficient (Wildman–Crippen LogP) is 2.38. The first-order valence-electron chi connectivity index (χ1n) is 8.16. The lowest BCUT2D eigenvalue weighted by Gasteiger charge is -2.15. The van der Waals surface area contributed by atoms with Gasteiger partial charge in [0.15, 0.2) is 5.96 Å². The summed E-state index contributed by atoms with van der Waals surface area (Å²) in [5, 5.41) is 20.5.